The third-order valence-corrected chi connectivity index (χ3v) is 7.02. The Hall–Kier alpha value is -0.940. The van der Waals surface area contributed by atoms with Crippen molar-refractivity contribution in [3.8, 4) is 0 Å². The number of guanidine groups is 1. The Morgan fingerprint density at radius 1 is 1.27 bits per heavy atom. The Morgan fingerprint density at radius 3 is 2.80 bits per heavy atom. The lowest BCUT2D eigenvalue weighted by molar-refractivity contribution is -0.127. The normalized spacial score (nSPS) is 19.2. The first kappa shape index (κ1) is 25.3. The molecule has 7 nitrogen and oxygen atoms in total. The summed E-state index contributed by atoms with van der Waals surface area (Å²) in [5.74, 6) is 0.735. The average molecular weight is 549 g/mol. The highest BCUT2D eigenvalue weighted by atomic mass is 127. The van der Waals surface area contributed by atoms with Crippen LogP contribution in [0.3, 0.4) is 0 Å². The van der Waals surface area contributed by atoms with Crippen LogP contribution in [0.2, 0.25) is 0 Å². The molecule has 30 heavy (non-hydrogen) atoms. The number of hydrogen-bond acceptors (Lipinski definition) is 5. The maximum Gasteiger partial charge on any atom is 0.243 e. The maximum atomic E-state index is 12.0. The largest absolute Gasteiger partial charge is 0.356 e. The number of amides is 1. The van der Waals surface area contributed by atoms with E-state index in [0.29, 0.717) is 6.04 Å². The van der Waals surface area contributed by atoms with Gasteiger partial charge in [-0.3, -0.25) is 9.69 Å². The molecule has 9 heteroatoms. The summed E-state index contributed by atoms with van der Waals surface area (Å²) in [6.45, 7) is 6.28. The second kappa shape index (κ2) is 12.8. The Labute approximate surface area is 202 Å². The van der Waals surface area contributed by atoms with Crippen molar-refractivity contribution in [3.05, 3.63) is 15.6 Å². The van der Waals surface area contributed by atoms with Crippen molar-refractivity contribution in [1.82, 2.24) is 25.4 Å². The zero-order chi connectivity index (χ0) is 20.6. The van der Waals surface area contributed by atoms with E-state index in [0.717, 1.165) is 38.4 Å². The zero-order valence-corrected chi connectivity index (χ0v) is 21.7. The van der Waals surface area contributed by atoms with Gasteiger partial charge in [0, 0.05) is 44.5 Å². The summed E-state index contributed by atoms with van der Waals surface area (Å²) in [5, 5.41) is 8.09. The molecule has 1 aromatic rings. The van der Waals surface area contributed by atoms with E-state index in [4.69, 9.17) is 4.98 Å². The van der Waals surface area contributed by atoms with E-state index in [2.05, 4.69) is 27.4 Å². The molecule has 2 heterocycles. The molecule has 1 aliphatic carbocycles. The van der Waals surface area contributed by atoms with Gasteiger partial charge in [0.25, 0.3) is 0 Å². The number of fused-ring (bicyclic) bond motifs is 1. The molecule has 170 valence electrons. The molecule has 2 aliphatic rings. The van der Waals surface area contributed by atoms with Crippen molar-refractivity contribution in [2.75, 3.05) is 46.8 Å². The Morgan fingerprint density at radius 2 is 2.07 bits per heavy atom. The molecule has 0 spiro atoms. The van der Waals surface area contributed by atoms with Gasteiger partial charge in [0.05, 0.1) is 10.7 Å². The van der Waals surface area contributed by atoms with Crippen molar-refractivity contribution >= 4 is 47.2 Å². The number of hydrogen-bond donors (Lipinski definition) is 2. The van der Waals surface area contributed by atoms with Crippen LogP contribution in [0.15, 0.2) is 4.99 Å². The number of likely N-dealkylation sites (tertiary alicyclic amines) is 1. The molecule has 0 bridgehead atoms. The van der Waals surface area contributed by atoms with Gasteiger partial charge >= 0.3 is 0 Å². The number of aromatic nitrogens is 1. The number of thiazole rings is 1. The van der Waals surface area contributed by atoms with E-state index in [9.17, 15) is 4.79 Å². The minimum Gasteiger partial charge on any atom is -0.356 e. The fourth-order valence-corrected chi connectivity index (χ4v) is 5.18. The molecule has 2 N–H and O–H groups in total. The van der Waals surface area contributed by atoms with Gasteiger partial charge in [0.15, 0.2) is 5.96 Å². The van der Waals surface area contributed by atoms with Crippen molar-refractivity contribution in [2.24, 2.45) is 4.99 Å². The summed E-state index contributed by atoms with van der Waals surface area (Å²) in [6, 6.07) is 0.544. The minimum atomic E-state index is 0. The smallest absolute Gasteiger partial charge is 0.243 e. The van der Waals surface area contributed by atoms with Crippen LogP contribution < -0.4 is 10.6 Å². The highest BCUT2D eigenvalue weighted by molar-refractivity contribution is 14.0. The first-order valence-corrected chi connectivity index (χ1v) is 11.8. The lowest BCUT2D eigenvalue weighted by Crippen LogP contribution is -2.45. The van der Waals surface area contributed by atoms with E-state index < -0.39 is 0 Å². The molecule has 0 saturated carbocycles. The number of carbonyl (C=O) groups is 1. The minimum absolute atomic E-state index is 0. The number of rotatable bonds is 8. The summed E-state index contributed by atoms with van der Waals surface area (Å²) in [4.78, 5) is 26.9. The Bertz CT molecular complexity index is 684. The van der Waals surface area contributed by atoms with Crippen molar-refractivity contribution < 1.29 is 4.79 Å². The highest BCUT2D eigenvalue weighted by Gasteiger charge is 2.23. The van der Waals surface area contributed by atoms with Crippen LogP contribution in [0.5, 0.6) is 0 Å². The van der Waals surface area contributed by atoms with Crippen LogP contribution in [0.25, 0.3) is 0 Å². The van der Waals surface area contributed by atoms with Gasteiger partial charge in [0.1, 0.15) is 6.54 Å². The maximum absolute atomic E-state index is 12.0. The topological polar surface area (TPSA) is 72.9 Å². The molecule has 1 amide bonds. The van der Waals surface area contributed by atoms with Gasteiger partial charge in [-0.15, -0.1) is 35.3 Å². The van der Waals surface area contributed by atoms with E-state index >= 15 is 0 Å². The highest BCUT2D eigenvalue weighted by Crippen LogP contribution is 2.26. The third kappa shape index (κ3) is 7.33. The predicted octanol–water partition coefficient (Wildman–Crippen LogP) is 2.29. The van der Waals surface area contributed by atoms with Crippen LogP contribution in [0.1, 0.15) is 48.2 Å². The predicted molar refractivity (Wildman–Crippen MR) is 135 cm³/mol. The number of carbonyl (C=O) groups excluding carboxylic acids is 1. The molecular formula is C21H37IN6OS. The molecule has 1 saturated heterocycles. The Kier molecular flexibility index (Phi) is 10.8. The number of halogens is 1. The van der Waals surface area contributed by atoms with Gasteiger partial charge in [0.2, 0.25) is 5.91 Å². The summed E-state index contributed by atoms with van der Waals surface area (Å²) in [7, 11) is 3.53. The van der Waals surface area contributed by atoms with Gasteiger partial charge in [-0.05, 0) is 51.6 Å². The van der Waals surface area contributed by atoms with Gasteiger partial charge in [-0.2, -0.15) is 0 Å². The van der Waals surface area contributed by atoms with Crippen LogP contribution in [-0.4, -0.2) is 79.5 Å². The lowest BCUT2D eigenvalue weighted by Gasteiger charge is -2.24. The number of likely N-dealkylation sites (N-methyl/N-ethyl adjacent to an activating group) is 2. The van der Waals surface area contributed by atoms with Crippen LogP contribution in [-0.2, 0) is 24.1 Å². The van der Waals surface area contributed by atoms with Crippen LogP contribution in [0.4, 0.5) is 0 Å². The summed E-state index contributed by atoms with van der Waals surface area (Å²) >= 11 is 1.87. The average Bonchev–Trinajstić information content (AvgIpc) is 3.34. The van der Waals surface area contributed by atoms with Crippen LogP contribution >= 0.6 is 35.3 Å². The molecule has 3 rings (SSSR count). The molecule has 1 fully saturated rings. The molecule has 1 aliphatic heterocycles. The fourth-order valence-electron chi connectivity index (χ4n) is 4.02. The van der Waals surface area contributed by atoms with E-state index in [-0.39, 0.29) is 36.4 Å². The fraction of sp³-hybridized carbons (Fsp3) is 0.762. The SMILES string of the molecule is CCN1CCCC1CNC(=NCC(=O)N(C)C)NCCc1nc2c(s1)CCCC2.I. The number of nitrogens with zero attached hydrogens (tertiary/aromatic N) is 4. The Balaban J connectivity index is 0.00000320. The summed E-state index contributed by atoms with van der Waals surface area (Å²) in [5.41, 5.74) is 1.32. The first-order chi connectivity index (χ1) is 14.1. The second-order valence-corrected chi connectivity index (χ2v) is 9.29. The lowest BCUT2D eigenvalue weighted by atomic mass is 10.0. The van der Waals surface area contributed by atoms with E-state index in [1.54, 1.807) is 19.0 Å². The summed E-state index contributed by atoms with van der Waals surface area (Å²) < 4.78 is 0. The van der Waals surface area contributed by atoms with E-state index in [1.165, 1.54) is 54.2 Å². The molecule has 1 unspecified atom stereocenters. The molecule has 0 radical (unpaired) electrons. The number of aliphatic imine (C=N–C) groups is 1. The molecular weight excluding hydrogens is 511 g/mol. The number of aryl methyl sites for hydroxylation is 2. The summed E-state index contributed by atoms with van der Waals surface area (Å²) in [6.07, 6.45) is 8.26. The second-order valence-electron chi connectivity index (χ2n) is 8.12. The quantitative estimate of drug-likeness (QED) is 0.297. The zero-order valence-electron chi connectivity index (χ0n) is 18.6. The van der Waals surface area contributed by atoms with Gasteiger partial charge in [-0.1, -0.05) is 6.92 Å². The van der Waals surface area contributed by atoms with Crippen molar-refractivity contribution in [2.45, 2.75) is 57.9 Å². The van der Waals surface area contributed by atoms with Crippen molar-refractivity contribution in [1.29, 1.82) is 0 Å². The third-order valence-electron chi connectivity index (χ3n) is 5.80. The number of nitrogens with one attached hydrogen (secondary N) is 2. The van der Waals surface area contributed by atoms with Crippen molar-refractivity contribution in [3.63, 3.8) is 0 Å². The van der Waals surface area contributed by atoms with Crippen LogP contribution in [0, 0.1) is 0 Å². The standard InChI is InChI=1S/C21H36N6OS.HI/c1-4-27-13-7-8-16(27)14-23-21(24-15-20(28)26(2)3)22-12-11-19-25-17-9-5-6-10-18(17)29-19;/h16H,4-15H2,1-3H3,(H2,22,23,24);1H. The van der Waals surface area contributed by atoms with Gasteiger partial charge in [-0.25, -0.2) is 9.98 Å². The molecule has 1 aromatic heterocycles. The monoisotopic (exact) mass is 548 g/mol. The molecule has 1 atom stereocenters. The van der Waals surface area contributed by atoms with E-state index in [1.807, 2.05) is 11.3 Å². The first-order valence-electron chi connectivity index (χ1n) is 11.0. The molecule has 0 aromatic carbocycles. The van der Waals surface area contributed by atoms with Gasteiger partial charge < -0.3 is 15.5 Å².